The summed E-state index contributed by atoms with van der Waals surface area (Å²) >= 11 is 18.7. The van der Waals surface area contributed by atoms with Gasteiger partial charge >= 0.3 is 0 Å². The summed E-state index contributed by atoms with van der Waals surface area (Å²) in [6.45, 7) is 67.8. The largest absolute Gasteiger partial charge is 0.508 e. The first-order valence-corrected chi connectivity index (χ1v) is 49.9. The minimum atomic E-state index is -0.115. The van der Waals surface area contributed by atoms with Gasteiger partial charge < -0.3 is 56.9 Å². The maximum atomic E-state index is 11.2. The van der Waals surface area contributed by atoms with Gasteiger partial charge in [-0.15, -0.1) is 0 Å². The first kappa shape index (κ1) is 110. The fourth-order valence-corrected chi connectivity index (χ4v) is 18.8. The summed E-state index contributed by atoms with van der Waals surface area (Å²) in [6, 6.07) is 50.2. The summed E-state index contributed by atoms with van der Waals surface area (Å²) < 4.78 is 10.7. The number of pyridine rings is 2. The highest BCUT2D eigenvalue weighted by molar-refractivity contribution is 6.40. The number of nitrogen functional groups attached to an aromatic ring is 1. The van der Waals surface area contributed by atoms with Crippen molar-refractivity contribution < 1.29 is 39.5 Å². The molecule has 136 heavy (non-hydrogen) atoms. The van der Waals surface area contributed by atoms with Gasteiger partial charge in [0.05, 0.1) is 47.0 Å². The monoisotopic (exact) mass is 1930 g/mol. The fourth-order valence-electron chi connectivity index (χ4n) is 18.2. The van der Waals surface area contributed by atoms with Crippen LogP contribution in [0.2, 0.25) is 15.1 Å². The van der Waals surface area contributed by atoms with Gasteiger partial charge in [-0.2, -0.15) is 0 Å². The molecule has 0 radical (unpaired) electrons. The first-order chi connectivity index (χ1) is 64.8. The van der Waals surface area contributed by atoms with E-state index in [0.29, 0.717) is 99.4 Å². The number of rotatable bonds is 32. The number of nitrogens with zero attached hydrogens (tertiary/aromatic N) is 13. The Bertz CT molecular complexity index is 5320. The molecule has 4 aliphatic heterocycles. The zero-order valence-corrected chi connectivity index (χ0v) is 86.9. The molecule has 29 heteroatoms. The maximum Gasteiger partial charge on any atom is 0.221 e. The highest BCUT2D eigenvalue weighted by Crippen LogP contribution is 2.39. The van der Waals surface area contributed by atoms with Gasteiger partial charge in [-0.1, -0.05) is 34.8 Å². The topological polar surface area (TPSA) is 269 Å². The maximum absolute atomic E-state index is 11.2. The molecular weight excluding hydrogens is 1770 g/mol. The Morgan fingerprint density at radius 1 is 0.375 bits per heavy atom. The molecule has 0 spiro atoms. The molecule has 0 aliphatic carbocycles. The molecular formula is C107H157Cl3N18O8. The molecule has 0 saturated carbocycles. The molecule has 6 heterocycles. The normalized spacial score (nSPS) is 15.2. The molecule has 0 unspecified atom stereocenters. The standard InChI is InChI=1S/C33H42ClN5O2.C21H36N4O2.C19H34N4O.C14H9Cl2NO.C12H27N3.C8H9NO2/c1-22(2)39(23(3)4)17-16-37-12-14-38(15-13-37)21-24-18-26(7-11-32(24)40)35-33-28-9-6-25(34)19-31(28)36-30-10-8-27(41-5)20-29(30)33;1-16(2)25(17(3)4)13-12-23-8-10-24(11-9-23)15-19-14-20(22-18(5)26)6-7-21(19)27;1-15(2)23(16(3)4)12-11-21-7-9-22(10-8-21)14-17-13-18(20)5-6-19(17)24;1-18-9-3-5-12-11(7-9)14(16)10-4-2-8(15)6-13(10)17-12;1-11(2)15(12(3)4)10-9-14-7-5-13-6-8-14;1-6(10)9-7-2-4-8(11)5-3-7/h6-11,18-20,22-23,40H,12-17,21H2,1-5H3,(H,35,36);6-7,14,16-17,27H,8-13,15H2,1-5H3,(H,22,26);5-6,13,15-16,24H,7-12,14,20H2,1-4H3;2-7H,1H3;11-13H,5-10H2,1-4H3;2-5,11H,1H3,(H,9,10). The number of halogens is 3. The van der Waals surface area contributed by atoms with E-state index in [9.17, 15) is 24.9 Å². The fraction of sp³-hybridized carbons (Fsp3) is 0.514. The lowest BCUT2D eigenvalue weighted by molar-refractivity contribution is -0.115. The third-order valence-electron chi connectivity index (χ3n) is 25.7. The van der Waals surface area contributed by atoms with E-state index in [-0.39, 0.29) is 23.3 Å². The number of methoxy groups -OCH3 is 2. The molecule has 744 valence electrons. The number of fused-ring (bicyclic) bond motifs is 4. The number of phenolic OH excluding ortho intramolecular Hbond substituents is 4. The van der Waals surface area contributed by atoms with Crippen molar-refractivity contribution in [2.24, 2.45) is 0 Å². The lowest BCUT2D eigenvalue weighted by atomic mass is 10.1. The van der Waals surface area contributed by atoms with Gasteiger partial charge in [0, 0.05) is 310 Å². The van der Waals surface area contributed by atoms with Crippen LogP contribution in [0.4, 0.5) is 28.4 Å². The number of piperazine rings is 4. The second-order valence-corrected chi connectivity index (χ2v) is 39.5. The molecule has 4 fully saturated rings. The quantitative estimate of drug-likeness (QED) is 0.0108. The second kappa shape index (κ2) is 55.0. The number of nitrogens with two attached hydrogens (primary N) is 1. The van der Waals surface area contributed by atoms with Crippen LogP contribution < -0.4 is 36.5 Å². The summed E-state index contributed by atoms with van der Waals surface area (Å²) in [7, 11) is 3.30. The highest BCUT2D eigenvalue weighted by atomic mass is 35.5. The van der Waals surface area contributed by atoms with Crippen LogP contribution in [0, 0.1) is 0 Å². The molecule has 4 saturated heterocycles. The van der Waals surface area contributed by atoms with Crippen molar-refractivity contribution in [2.45, 2.75) is 193 Å². The molecule has 8 aromatic carbocycles. The Hall–Kier alpha value is -9.17. The van der Waals surface area contributed by atoms with Crippen LogP contribution in [0.5, 0.6) is 34.5 Å². The van der Waals surface area contributed by atoms with Crippen molar-refractivity contribution in [1.29, 1.82) is 0 Å². The average Bonchev–Trinajstić information content (AvgIpc) is 0.770. The Morgan fingerprint density at radius 3 is 1.10 bits per heavy atom. The van der Waals surface area contributed by atoms with E-state index >= 15 is 0 Å². The van der Waals surface area contributed by atoms with Crippen LogP contribution in [-0.2, 0) is 29.2 Å². The Labute approximate surface area is 825 Å². The van der Waals surface area contributed by atoms with E-state index in [1.807, 2.05) is 91.0 Å². The highest BCUT2D eigenvalue weighted by Gasteiger charge is 2.27. The number of aromatic hydroxyl groups is 4. The number of hydrogen-bond donors (Lipinski definition) is 9. The molecule has 14 rings (SSSR count). The zero-order chi connectivity index (χ0) is 99.0. The molecule has 2 aromatic heterocycles. The molecule has 26 nitrogen and oxygen atoms in total. The number of nitrogens with one attached hydrogen (secondary N) is 4. The number of hydrogen-bond acceptors (Lipinski definition) is 24. The van der Waals surface area contributed by atoms with Gasteiger partial charge in [0.1, 0.15) is 34.5 Å². The third-order valence-corrected chi connectivity index (χ3v) is 26.5. The van der Waals surface area contributed by atoms with Crippen LogP contribution in [0.25, 0.3) is 43.6 Å². The van der Waals surface area contributed by atoms with E-state index in [2.05, 4.69) is 197 Å². The first-order valence-electron chi connectivity index (χ1n) is 48.7. The lowest BCUT2D eigenvalue weighted by Gasteiger charge is -2.37. The Balaban J connectivity index is 0.000000192. The number of carbonyl (C=O) groups is 2. The number of anilines is 5. The van der Waals surface area contributed by atoms with E-state index in [1.165, 1.54) is 52.2 Å². The van der Waals surface area contributed by atoms with E-state index in [1.54, 1.807) is 56.7 Å². The van der Waals surface area contributed by atoms with Crippen LogP contribution >= 0.6 is 34.8 Å². The smallest absolute Gasteiger partial charge is 0.221 e. The Kier molecular flexibility index (Phi) is 44.7. The number of ether oxygens (including phenoxy) is 2. The predicted molar refractivity (Wildman–Crippen MR) is 568 cm³/mol. The van der Waals surface area contributed by atoms with Crippen molar-refractivity contribution in [1.82, 2.24) is 69.2 Å². The molecule has 0 bridgehead atoms. The zero-order valence-electron chi connectivity index (χ0n) is 84.6. The number of phenols is 4. The van der Waals surface area contributed by atoms with Gasteiger partial charge in [-0.05, 0) is 262 Å². The van der Waals surface area contributed by atoms with Crippen LogP contribution in [0.1, 0.15) is 141 Å². The van der Waals surface area contributed by atoms with Crippen molar-refractivity contribution in [3.05, 3.63) is 183 Å². The van der Waals surface area contributed by atoms with Crippen molar-refractivity contribution >= 4 is 119 Å². The number of carbonyl (C=O) groups excluding carboxylic acids is 2. The van der Waals surface area contributed by atoms with Gasteiger partial charge in [-0.3, -0.25) is 63.5 Å². The summed E-state index contributed by atoms with van der Waals surface area (Å²) in [5.41, 5.74) is 15.8. The number of aromatic nitrogens is 2. The van der Waals surface area contributed by atoms with Crippen LogP contribution in [0.3, 0.4) is 0 Å². The van der Waals surface area contributed by atoms with E-state index in [0.717, 1.165) is 226 Å². The van der Waals surface area contributed by atoms with Crippen molar-refractivity contribution in [3.8, 4) is 34.5 Å². The third kappa shape index (κ3) is 35.0. The minimum Gasteiger partial charge on any atom is -0.508 e. The summed E-state index contributed by atoms with van der Waals surface area (Å²) in [4.78, 5) is 58.8. The summed E-state index contributed by atoms with van der Waals surface area (Å²) in [5.74, 6) is 2.46. The van der Waals surface area contributed by atoms with Crippen LogP contribution in [0.15, 0.2) is 152 Å². The van der Waals surface area contributed by atoms with Crippen molar-refractivity contribution in [3.63, 3.8) is 0 Å². The van der Waals surface area contributed by atoms with E-state index in [4.69, 9.17) is 60.1 Å². The van der Waals surface area contributed by atoms with Gasteiger partial charge in [0.15, 0.2) is 0 Å². The van der Waals surface area contributed by atoms with Gasteiger partial charge in [0.2, 0.25) is 11.8 Å². The van der Waals surface area contributed by atoms with Gasteiger partial charge in [0.25, 0.3) is 0 Å². The lowest BCUT2D eigenvalue weighted by Crippen LogP contribution is -2.49. The molecule has 4 aliphatic rings. The van der Waals surface area contributed by atoms with Gasteiger partial charge in [-0.25, -0.2) is 9.97 Å². The second-order valence-electron chi connectivity index (χ2n) is 38.3. The molecule has 2 amide bonds. The van der Waals surface area contributed by atoms with Crippen molar-refractivity contribution in [2.75, 3.05) is 193 Å². The number of benzene rings is 8. The molecule has 10 N–H and O–H groups in total. The predicted octanol–water partition coefficient (Wildman–Crippen LogP) is 18.6. The SMILES string of the molecule is CC(=O)Nc1ccc(O)c(CN2CCN(CCN(C(C)C)C(C)C)CC2)c1.CC(=O)Nc1ccc(O)cc1.CC(C)N(CCN1CCN(Cc2cc(N)ccc2O)CC1)C(C)C.CC(C)N(CCN1CCNCC1)C(C)C.COc1ccc2nc3cc(Cl)ccc3c(Cl)c2c1.COc1ccc2nc3cc(Cl)ccc3c(Nc3ccc(O)c(CN4CCN(CCN(C(C)C)C(C)C)CC4)c3)c2c1. The Morgan fingerprint density at radius 2 is 0.706 bits per heavy atom. The average molecular weight is 1930 g/mol. The summed E-state index contributed by atoms with van der Waals surface area (Å²) in [5, 5.41) is 57.8. The molecule has 0 atom stereocenters. The van der Waals surface area contributed by atoms with Crippen LogP contribution in [-0.4, -0.2) is 316 Å². The summed E-state index contributed by atoms with van der Waals surface area (Å²) in [6.07, 6.45) is 0. The van der Waals surface area contributed by atoms with E-state index < -0.39 is 0 Å². The number of amides is 2. The molecule has 10 aromatic rings. The minimum absolute atomic E-state index is 0.0999.